The molecule has 1 fully saturated rings. The van der Waals surface area contributed by atoms with E-state index in [0.717, 1.165) is 43.6 Å². The second-order valence-corrected chi connectivity index (χ2v) is 8.45. The molecule has 2 aromatic carbocycles. The Morgan fingerprint density at radius 3 is 2.58 bits per heavy atom. The molecule has 0 saturated carbocycles. The van der Waals surface area contributed by atoms with Crippen LogP contribution in [0, 0.1) is 0 Å². The minimum Gasteiger partial charge on any atom is -0.454 e. The lowest BCUT2D eigenvalue weighted by Gasteiger charge is -2.37. The average molecular weight is 459 g/mol. The Hall–Kier alpha value is -3.20. The highest BCUT2D eigenvalue weighted by Gasteiger charge is 2.32. The predicted molar refractivity (Wildman–Crippen MR) is 119 cm³/mol. The maximum Gasteiger partial charge on any atom is 0.416 e. The van der Waals surface area contributed by atoms with E-state index >= 15 is 0 Å². The molecule has 174 valence electrons. The van der Waals surface area contributed by atoms with Crippen molar-refractivity contribution < 1.29 is 22.6 Å². The van der Waals surface area contributed by atoms with E-state index in [1.54, 1.807) is 7.05 Å². The lowest BCUT2D eigenvalue weighted by Crippen LogP contribution is -2.43. The number of rotatable bonds is 4. The number of nitrogens with one attached hydrogen (secondary N) is 1. The van der Waals surface area contributed by atoms with Gasteiger partial charge >= 0.3 is 6.18 Å². The van der Waals surface area contributed by atoms with E-state index in [-0.39, 0.29) is 18.4 Å². The Balaban J connectivity index is 1.65. The molecule has 33 heavy (non-hydrogen) atoms. The van der Waals surface area contributed by atoms with Gasteiger partial charge in [-0.15, -0.1) is 0 Å². The molecule has 6 nitrogen and oxygen atoms in total. The van der Waals surface area contributed by atoms with Crippen LogP contribution >= 0.6 is 0 Å². The fourth-order valence-corrected chi connectivity index (χ4v) is 4.62. The lowest BCUT2D eigenvalue weighted by molar-refractivity contribution is -0.137. The summed E-state index contributed by atoms with van der Waals surface area (Å²) >= 11 is 0. The van der Waals surface area contributed by atoms with E-state index in [2.05, 4.69) is 10.2 Å². The van der Waals surface area contributed by atoms with Gasteiger partial charge in [0.1, 0.15) is 0 Å². The Morgan fingerprint density at radius 1 is 1.06 bits per heavy atom. The highest BCUT2D eigenvalue weighted by Crippen LogP contribution is 2.37. The molecule has 0 unspecified atom stereocenters. The van der Waals surface area contributed by atoms with E-state index in [1.807, 2.05) is 18.2 Å². The molecule has 1 aromatic heterocycles. The van der Waals surface area contributed by atoms with E-state index in [0.29, 0.717) is 34.6 Å². The van der Waals surface area contributed by atoms with Crippen molar-refractivity contribution in [3.05, 3.63) is 63.9 Å². The SMILES string of the molecule is Cn1c(=O)cc(N(Cc2ccc3c(c2)OCO3)C2CCNCC2)c2cc(C(F)(F)F)ccc21. The van der Waals surface area contributed by atoms with Crippen LogP contribution in [-0.2, 0) is 19.8 Å². The van der Waals surface area contributed by atoms with Gasteiger partial charge in [-0.25, -0.2) is 0 Å². The molecule has 0 spiro atoms. The van der Waals surface area contributed by atoms with Crippen molar-refractivity contribution in [2.75, 3.05) is 24.8 Å². The molecule has 2 aliphatic heterocycles. The minimum absolute atomic E-state index is 0.0709. The number of aryl methyl sites for hydroxylation is 1. The number of hydrogen-bond donors (Lipinski definition) is 1. The van der Waals surface area contributed by atoms with Crippen LogP contribution < -0.4 is 25.2 Å². The third-order valence-corrected chi connectivity index (χ3v) is 6.40. The summed E-state index contributed by atoms with van der Waals surface area (Å²) in [6, 6.07) is 10.7. The van der Waals surface area contributed by atoms with Crippen LogP contribution in [0.1, 0.15) is 24.0 Å². The van der Waals surface area contributed by atoms with Gasteiger partial charge in [-0.2, -0.15) is 13.2 Å². The Kier molecular flexibility index (Phi) is 5.44. The molecule has 1 N–H and O–H groups in total. The average Bonchev–Trinajstić information content (AvgIpc) is 3.28. The number of pyridine rings is 1. The van der Waals surface area contributed by atoms with Crippen LogP contribution in [0.4, 0.5) is 18.9 Å². The van der Waals surface area contributed by atoms with Crippen LogP contribution in [-0.4, -0.2) is 30.5 Å². The number of ether oxygens (including phenoxy) is 2. The van der Waals surface area contributed by atoms with Gasteiger partial charge < -0.3 is 24.3 Å². The minimum atomic E-state index is -4.48. The van der Waals surface area contributed by atoms with Crippen LogP contribution in [0.5, 0.6) is 11.5 Å². The molecule has 1 saturated heterocycles. The van der Waals surface area contributed by atoms with Gasteiger partial charge in [0.25, 0.3) is 5.56 Å². The highest BCUT2D eigenvalue weighted by molar-refractivity contribution is 5.92. The Bertz CT molecular complexity index is 1250. The molecule has 0 radical (unpaired) electrons. The van der Waals surface area contributed by atoms with Crippen LogP contribution in [0.2, 0.25) is 0 Å². The molecule has 0 aliphatic carbocycles. The summed E-state index contributed by atoms with van der Waals surface area (Å²) in [6.45, 7) is 2.20. The van der Waals surface area contributed by atoms with Gasteiger partial charge in [-0.3, -0.25) is 4.79 Å². The number of anilines is 1. The van der Waals surface area contributed by atoms with Gasteiger partial charge in [-0.05, 0) is 61.8 Å². The summed E-state index contributed by atoms with van der Waals surface area (Å²) < 4.78 is 52.9. The smallest absolute Gasteiger partial charge is 0.416 e. The first-order valence-corrected chi connectivity index (χ1v) is 10.9. The number of nitrogens with zero attached hydrogens (tertiary/aromatic N) is 2. The van der Waals surface area contributed by atoms with Gasteiger partial charge in [0.15, 0.2) is 11.5 Å². The molecule has 0 amide bonds. The summed E-state index contributed by atoms with van der Waals surface area (Å²) in [6.07, 6.45) is -2.84. The normalized spacial score (nSPS) is 16.4. The summed E-state index contributed by atoms with van der Waals surface area (Å²) in [4.78, 5) is 14.9. The number of halogens is 3. The second kappa shape index (κ2) is 8.30. The van der Waals surface area contributed by atoms with Crippen LogP contribution in [0.15, 0.2) is 47.3 Å². The lowest BCUT2D eigenvalue weighted by atomic mass is 10.0. The third kappa shape index (κ3) is 4.13. The Labute approximate surface area is 188 Å². The fourth-order valence-electron chi connectivity index (χ4n) is 4.62. The molecule has 3 aromatic rings. The monoisotopic (exact) mass is 459 g/mol. The van der Waals surface area contributed by atoms with Gasteiger partial charge in [0.2, 0.25) is 6.79 Å². The molecular formula is C24H24F3N3O3. The van der Waals surface area contributed by atoms with Crippen molar-refractivity contribution in [2.24, 2.45) is 7.05 Å². The van der Waals surface area contributed by atoms with Crippen molar-refractivity contribution in [3.8, 4) is 11.5 Å². The molecule has 3 heterocycles. The topological polar surface area (TPSA) is 55.7 Å². The standard InChI is InChI=1S/C24H24F3N3O3/c1-29-19-4-3-16(24(25,26)27)11-18(19)20(12-23(29)31)30(17-6-8-28-9-7-17)13-15-2-5-21-22(10-15)33-14-32-21/h2-5,10-12,17,28H,6-9,13-14H2,1H3. The largest absolute Gasteiger partial charge is 0.454 e. The zero-order valence-corrected chi connectivity index (χ0v) is 18.1. The predicted octanol–water partition coefficient (Wildman–Crippen LogP) is 4.04. The van der Waals surface area contributed by atoms with Crippen molar-refractivity contribution in [2.45, 2.75) is 31.6 Å². The first-order valence-electron chi connectivity index (χ1n) is 10.9. The van der Waals surface area contributed by atoms with Crippen LogP contribution in [0.25, 0.3) is 10.9 Å². The first kappa shape index (κ1) is 21.6. The van der Waals surface area contributed by atoms with Crippen molar-refractivity contribution in [3.63, 3.8) is 0 Å². The van der Waals surface area contributed by atoms with Gasteiger partial charge in [0.05, 0.1) is 16.8 Å². The Morgan fingerprint density at radius 2 is 1.82 bits per heavy atom. The summed E-state index contributed by atoms with van der Waals surface area (Å²) in [5.74, 6) is 1.31. The number of benzene rings is 2. The van der Waals surface area contributed by atoms with E-state index in [1.165, 1.54) is 16.7 Å². The summed E-state index contributed by atoms with van der Waals surface area (Å²) in [7, 11) is 1.58. The van der Waals surface area contributed by atoms with Gasteiger partial charge in [-0.1, -0.05) is 6.07 Å². The maximum absolute atomic E-state index is 13.5. The molecule has 5 rings (SSSR count). The fraction of sp³-hybridized carbons (Fsp3) is 0.375. The van der Waals surface area contributed by atoms with Crippen LogP contribution in [0.3, 0.4) is 0 Å². The maximum atomic E-state index is 13.5. The van der Waals surface area contributed by atoms with E-state index < -0.39 is 11.7 Å². The number of alkyl halides is 3. The number of fused-ring (bicyclic) bond motifs is 2. The molecule has 9 heteroatoms. The molecule has 2 aliphatic rings. The zero-order valence-electron chi connectivity index (χ0n) is 18.1. The third-order valence-electron chi connectivity index (χ3n) is 6.40. The molecule has 0 bridgehead atoms. The van der Waals surface area contributed by atoms with Crippen molar-refractivity contribution in [1.29, 1.82) is 0 Å². The van der Waals surface area contributed by atoms with E-state index in [9.17, 15) is 18.0 Å². The zero-order chi connectivity index (χ0) is 23.2. The molecular weight excluding hydrogens is 435 g/mol. The summed E-state index contributed by atoms with van der Waals surface area (Å²) in [5.41, 5.74) is 0.919. The number of piperidine rings is 1. The van der Waals surface area contributed by atoms with Crippen molar-refractivity contribution >= 4 is 16.6 Å². The van der Waals surface area contributed by atoms with Crippen molar-refractivity contribution in [1.82, 2.24) is 9.88 Å². The quantitative estimate of drug-likeness (QED) is 0.638. The second-order valence-electron chi connectivity index (χ2n) is 8.45. The summed E-state index contributed by atoms with van der Waals surface area (Å²) in [5, 5.41) is 3.74. The molecule has 0 atom stereocenters. The number of hydrogen-bond acceptors (Lipinski definition) is 5. The first-order chi connectivity index (χ1) is 15.8. The number of aromatic nitrogens is 1. The van der Waals surface area contributed by atoms with Gasteiger partial charge in [0, 0.05) is 31.1 Å². The van der Waals surface area contributed by atoms with E-state index in [4.69, 9.17) is 9.47 Å². The highest BCUT2D eigenvalue weighted by atomic mass is 19.4.